The molecule has 238 valence electrons. The van der Waals surface area contributed by atoms with Crippen LogP contribution in [-0.4, -0.2) is 49.8 Å². The van der Waals surface area contributed by atoms with E-state index in [1.807, 2.05) is 25.7 Å². The van der Waals surface area contributed by atoms with Crippen LogP contribution in [0.2, 0.25) is 0 Å². The summed E-state index contributed by atoms with van der Waals surface area (Å²) in [5.74, 6) is 4.55. The first-order chi connectivity index (χ1) is 18.5. The van der Waals surface area contributed by atoms with Crippen molar-refractivity contribution in [3.05, 3.63) is 7.05 Å². The zero-order valence-corrected chi connectivity index (χ0v) is 30.0. The predicted molar refractivity (Wildman–Crippen MR) is 163 cm³/mol. The molecule has 4 saturated carbocycles. The Bertz CT molecular complexity index is 739. The molecule has 0 bridgehead atoms. The zero-order chi connectivity index (χ0) is 29.3. The van der Waals surface area contributed by atoms with Gasteiger partial charge in [0.25, 0.3) is 0 Å². The average Bonchev–Trinajstić information content (AvgIpc) is 3.25. The number of fused-ring (bicyclic) bond motifs is 5. The van der Waals surface area contributed by atoms with Gasteiger partial charge in [-0.25, -0.2) is 0 Å². The Morgan fingerprint density at radius 1 is 0.951 bits per heavy atom. The summed E-state index contributed by atoms with van der Waals surface area (Å²) in [5, 5.41) is 11.0. The minimum absolute atomic E-state index is 0. The fraction of sp³-hybridized carbons (Fsp3) is 0.939. The Labute approximate surface area is 294 Å². The summed E-state index contributed by atoms with van der Waals surface area (Å²) in [6.07, 6.45) is 11.0. The predicted octanol–water partition coefficient (Wildman–Crippen LogP) is 6.36. The van der Waals surface area contributed by atoms with E-state index in [0.29, 0.717) is 29.8 Å². The SMILES string of the molecule is C.CC.CC(=N)C1CCC2C3CCC4CCCCC4(C)C3CCC12C.[CH2-]NCCN(CCC)CCOC(F)(F)F.[K+]. The van der Waals surface area contributed by atoms with Gasteiger partial charge in [-0.2, -0.15) is 0 Å². The first kappa shape index (κ1) is 42.0. The van der Waals surface area contributed by atoms with Gasteiger partial charge < -0.3 is 10.7 Å². The van der Waals surface area contributed by atoms with Crippen molar-refractivity contribution >= 4 is 5.71 Å². The normalized spacial score (nSPS) is 33.8. The van der Waals surface area contributed by atoms with E-state index in [9.17, 15) is 13.2 Å². The summed E-state index contributed by atoms with van der Waals surface area (Å²) in [5.41, 5.74) is 2.10. The monoisotopic (exact) mass is 613 g/mol. The van der Waals surface area contributed by atoms with Crippen molar-refractivity contribution in [2.24, 2.45) is 40.4 Å². The summed E-state index contributed by atoms with van der Waals surface area (Å²) in [4.78, 5) is 1.91. The molecule has 0 aromatic carbocycles. The van der Waals surface area contributed by atoms with E-state index < -0.39 is 6.36 Å². The smallest absolute Gasteiger partial charge is 0.472 e. The van der Waals surface area contributed by atoms with Crippen LogP contribution in [0.15, 0.2) is 0 Å². The fourth-order valence-electron chi connectivity index (χ4n) is 9.19. The molecule has 7 unspecified atom stereocenters. The summed E-state index contributed by atoms with van der Waals surface area (Å²) in [6.45, 7) is 15.4. The molecule has 0 radical (unpaired) electrons. The van der Waals surface area contributed by atoms with E-state index in [0.717, 1.165) is 42.3 Å². The molecule has 4 nitrogen and oxygen atoms in total. The van der Waals surface area contributed by atoms with E-state index in [1.54, 1.807) is 0 Å². The van der Waals surface area contributed by atoms with Crippen molar-refractivity contribution in [3.8, 4) is 0 Å². The molecule has 0 aromatic rings. The van der Waals surface area contributed by atoms with Gasteiger partial charge in [-0.05, 0) is 112 Å². The molecule has 0 saturated heterocycles. The van der Waals surface area contributed by atoms with Crippen LogP contribution in [-0.2, 0) is 4.74 Å². The number of nitrogens with zero attached hydrogens (tertiary/aromatic N) is 1. The first-order valence-electron chi connectivity index (χ1n) is 15.9. The maximum absolute atomic E-state index is 11.7. The van der Waals surface area contributed by atoms with Gasteiger partial charge in [0.1, 0.15) is 0 Å². The Balaban J connectivity index is 0.000000752. The van der Waals surface area contributed by atoms with Crippen LogP contribution in [0.3, 0.4) is 0 Å². The molecular formula is C33H63F3KN3O. The van der Waals surface area contributed by atoms with Crippen molar-refractivity contribution in [1.82, 2.24) is 10.2 Å². The van der Waals surface area contributed by atoms with Gasteiger partial charge in [-0.15, -0.1) is 13.2 Å². The largest absolute Gasteiger partial charge is 1.00 e. The van der Waals surface area contributed by atoms with E-state index in [4.69, 9.17) is 5.41 Å². The van der Waals surface area contributed by atoms with Crippen LogP contribution in [0.5, 0.6) is 0 Å². The molecule has 0 spiro atoms. The van der Waals surface area contributed by atoms with Crippen molar-refractivity contribution in [2.75, 3.05) is 32.8 Å². The fourth-order valence-corrected chi connectivity index (χ4v) is 9.19. The molecular weight excluding hydrogens is 550 g/mol. The zero-order valence-electron chi connectivity index (χ0n) is 26.9. The number of hydrogen-bond donors (Lipinski definition) is 2. The Morgan fingerprint density at radius 2 is 1.61 bits per heavy atom. The van der Waals surface area contributed by atoms with Gasteiger partial charge in [0, 0.05) is 24.7 Å². The molecule has 0 amide bonds. The number of hydrogen-bond acceptors (Lipinski definition) is 4. The molecule has 4 fully saturated rings. The molecule has 8 heteroatoms. The third kappa shape index (κ3) is 11.1. The van der Waals surface area contributed by atoms with Gasteiger partial charge in [0.15, 0.2) is 0 Å². The minimum Gasteiger partial charge on any atom is -0.472 e. The van der Waals surface area contributed by atoms with Crippen LogP contribution in [0.4, 0.5) is 13.2 Å². The van der Waals surface area contributed by atoms with Crippen LogP contribution < -0.4 is 56.7 Å². The third-order valence-corrected chi connectivity index (χ3v) is 10.9. The van der Waals surface area contributed by atoms with Crippen LogP contribution >= 0.6 is 0 Å². The maximum atomic E-state index is 11.7. The van der Waals surface area contributed by atoms with E-state index in [1.165, 1.54) is 64.2 Å². The molecule has 2 N–H and O–H groups in total. The Kier molecular flexibility index (Phi) is 19.9. The average molecular weight is 614 g/mol. The van der Waals surface area contributed by atoms with E-state index in [2.05, 4.69) is 37.9 Å². The molecule has 4 aliphatic carbocycles. The quantitative estimate of drug-likeness (QED) is 0.181. The van der Waals surface area contributed by atoms with Crippen LogP contribution in [0.1, 0.15) is 120 Å². The summed E-state index contributed by atoms with van der Waals surface area (Å²) in [6, 6.07) is 0. The minimum atomic E-state index is -4.53. The molecule has 7 atom stereocenters. The molecule has 0 heterocycles. The van der Waals surface area contributed by atoms with Crippen molar-refractivity contribution in [2.45, 2.75) is 126 Å². The summed E-state index contributed by atoms with van der Waals surface area (Å²) >= 11 is 0. The van der Waals surface area contributed by atoms with Gasteiger partial charge in [-0.1, -0.05) is 54.9 Å². The second kappa shape index (κ2) is 19.5. The van der Waals surface area contributed by atoms with Crippen molar-refractivity contribution < 1.29 is 69.3 Å². The second-order valence-corrected chi connectivity index (χ2v) is 12.9. The van der Waals surface area contributed by atoms with Gasteiger partial charge in [0.05, 0.1) is 6.61 Å². The molecule has 4 aliphatic rings. The molecule has 0 aliphatic heterocycles. The number of alkyl halides is 3. The van der Waals surface area contributed by atoms with E-state index >= 15 is 0 Å². The van der Waals surface area contributed by atoms with Crippen LogP contribution in [0.25, 0.3) is 0 Å². The topological polar surface area (TPSA) is 48.4 Å². The molecule has 41 heavy (non-hydrogen) atoms. The number of nitrogens with one attached hydrogen (secondary N) is 2. The molecule has 0 aromatic heterocycles. The van der Waals surface area contributed by atoms with Crippen molar-refractivity contribution in [1.29, 1.82) is 5.41 Å². The van der Waals surface area contributed by atoms with Gasteiger partial charge >= 0.3 is 57.7 Å². The van der Waals surface area contributed by atoms with Gasteiger partial charge in [0.2, 0.25) is 0 Å². The van der Waals surface area contributed by atoms with E-state index in [-0.39, 0.29) is 72.0 Å². The number of ether oxygens (including phenoxy) is 1. The summed E-state index contributed by atoms with van der Waals surface area (Å²) in [7, 11) is 3.45. The molecule has 4 rings (SSSR count). The van der Waals surface area contributed by atoms with Crippen LogP contribution in [0, 0.1) is 52.9 Å². The van der Waals surface area contributed by atoms with Crippen molar-refractivity contribution in [3.63, 3.8) is 0 Å². The maximum Gasteiger partial charge on any atom is 1.00 e. The Morgan fingerprint density at radius 3 is 2.20 bits per heavy atom. The summed E-state index contributed by atoms with van der Waals surface area (Å²) < 4.78 is 38.8. The number of rotatable bonds is 9. The third-order valence-electron chi connectivity index (χ3n) is 10.9. The number of halogens is 3. The second-order valence-electron chi connectivity index (χ2n) is 12.9. The first-order valence-corrected chi connectivity index (χ1v) is 15.9. The van der Waals surface area contributed by atoms with Gasteiger partial charge in [-0.3, -0.25) is 16.7 Å². The standard InChI is InChI=1S/C21H35N.C9H18F3N2O.C2H6.CH4.K/c1-14(22)17-9-10-18-16-8-7-15-6-4-5-12-20(15,2)19(16)11-13-21(17,18)3;1-3-5-14(6-4-13-2)7-8-15-9(10,11)12;1-2;;/h15-19,22H,4-13H2,1-3H3;13H,2-8H2,1H3;1-2H3;1H4;/q;-1;;;+1. The Hall–Kier alpha value is 0.976.